The predicted molar refractivity (Wildman–Crippen MR) is 102 cm³/mol. The Labute approximate surface area is 156 Å². The van der Waals surface area contributed by atoms with Crippen LogP contribution in [0.3, 0.4) is 0 Å². The third-order valence-corrected chi connectivity index (χ3v) is 6.08. The summed E-state index contributed by atoms with van der Waals surface area (Å²) >= 11 is 0. The minimum atomic E-state index is -3.51. The summed E-state index contributed by atoms with van der Waals surface area (Å²) in [5.41, 5.74) is 0.400. The van der Waals surface area contributed by atoms with E-state index in [1.54, 1.807) is 24.3 Å². The summed E-state index contributed by atoms with van der Waals surface area (Å²) in [6, 6.07) is 6.78. The predicted octanol–water partition coefficient (Wildman–Crippen LogP) is 2.43. The van der Waals surface area contributed by atoms with Crippen molar-refractivity contribution in [2.75, 3.05) is 32.1 Å². The Kier molecular flexibility index (Phi) is 6.18. The van der Waals surface area contributed by atoms with Crippen LogP contribution in [0.1, 0.15) is 33.6 Å². The molecule has 1 aliphatic heterocycles. The molecule has 2 rings (SSSR count). The number of sulfonamides is 1. The van der Waals surface area contributed by atoms with E-state index in [4.69, 9.17) is 4.74 Å². The van der Waals surface area contributed by atoms with E-state index in [2.05, 4.69) is 5.32 Å². The van der Waals surface area contributed by atoms with Gasteiger partial charge in [0, 0.05) is 38.9 Å². The van der Waals surface area contributed by atoms with Gasteiger partial charge in [0.1, 0.15) is 5.60 Å². The maximum Gasteiger partial charge on any atom is 0.407 e. The minimum absolute atomic E-state index is 0.0765. The van der Waals surface area contributed by atoms with Crippen LogP contribution in [0, 0.1) is 0 Å². The lowest BCUT2D eigenvalue weighted by molar-refractivity contribution is 0.0489. The Morgan fingerprint density at radius 3 is 2.15 bits per heavy atom. The molecule has 0 unspecified atom stereocenters. The molecule has 0 spiro atoms. The lowest BCUT2D eigenvalue weighted by Crippen LogP contribution is -2.47. The van der Waals surface area contributed by atoms with Gasteiger partial charge in [-0.15, -0.1) is 0 Å². The van der Waals surface area contributed by atoms with Crippen molar-refractivity contribution >= 4 is 21.8 Å². The Morgan fingerprint density at radius 2 is 1.69 bits per heavy atom. The van der Waals surface area contributed by atoms with Crippen LogP contribution in [0.25, 0.3) is 0 Å². The molecule has 1 amide bonds. The van der Waals surface area contributed by atoms with Crippen molar-refractivity contribution in [2.24, 2.45) is 0 Å². The molecule has 0 aliphatic carbocycles. The molecule has 1 N–H and O–H groups in total. The number of carbonyl (C=O) groups is 1. The van der Waals surface area contributed by atoms with Gasteiger partial charge in [0.05, 0.1) is 4.90 Å². The van der Waals surface area contributed by atoms with Crippen molar-refractivity contribution < 1.29 is 17.9 Å². The van der Waals surface area contributed by atoms with Crippen LogP contribution < -0.4 is 10.2 Å². The number of rotatable bonds is 4. The zero-order valence-electron chi connectivity index (χ0n) is 16.2. The topological polar surface area (TPSA) is 79.0 Å². The molecule has 26 heavy (non-hydrogen) atoms. The van der Waals surface area contributed by atoms with E-state index in [-0.39, 0.29) is 6.04 Å². The van der Waals surface area contributed by atoms with Gasteiger partial charge in [-0.2, -0.15) is 4.31 Å². The van der Waals surface area contributed by atoms with E-state index in [0.29, 0.717) is 30.8 Å². The number of alkyl carbamates (subject to hydrolysis) is 1. The van der Waals surface area contributed by atoms with Gasteiger partial charge >= 0.3 is 6.09 Å². The Balaban J connectivity index is 1.95. The molecule has 1 aromatic carbocycles. The molecule has 0 bridgehead atoms. The highest BCUT2D eigenvalue weighted by atomic mass is 32.2. The van der Waals surface area contributed by atoms with Gasteiger partial charge in [-0.05, 0) is 57.9 Å². The largest absolute Gasteiger partial charge is 0.444 e. The number of ether oxygens (including phenoxy) is 1. The summed E-state index contributed by atoms with van der Waals surface area (Å²) in [5, 5.41) is 2.82. The van der Waals surface area contributed by atoms with E-state index in [0.717, 1.165) is 5.69 Å². The maximum atomic E-state index is 12.8. The molecule has 1 heterocycles. The molecule has 0 atom stereocenters. The third-order valence-electron chi connectivity index (χ3n) is 4.17. The second kappa shape index (κ2) is 7.84. The number of hydrogen-bond acceptors (Lipinski definition) is 5. The fraction of sp³-hybridized carbons (Fsp3) is 0.611. The first-order chi connectivity index (χ1) is 12.0. The van der Waals surface area contributed by atoms with Gasteiger partial charge in [-0.1, -0.05) is 0 Å². The first-order valence-electron chi connectivity index (χ1n) is 8.76. The summed E-state index contributed by atoms with van der Waals surface area (Å²) in [5.74, 6) is 0. The number of nitrogens with zero attached hydrogens (tertiary/aromatic N) is 2. The highest BCUT2D eigenvalue weighted by molar-refractivity contribution is 7.89. The zero-order valence-corrected chi connectivity index (χ0v) is 17.0. The molecule has 1 fully saturated rings. The van der Waals surface area contributed by atoms with Gasteiger partial charge in [0.2, 0.25) is 10.0 Å². The number of hydrogen-bond donors (Lipinski definition) is 1. The normalized spacial score (nSPS) is 17.0. The summed E-state index contributed by atoms with van der Waals surface area (Å²) in [6.45, 7) is 6.17. The number of piperidine rings is 1. The second-order valence-electron chi connectivity index (χ2n) is 7.71. The minimum Gasteiger partial charge on any atom is -0.444 e. The highest BCUT2D eigenvalue weighted by Gasteiger charge is 2.30. The van der Waals surface area contributed by atoms with E-state index < -0.39 is 21.7 Å². The Hall–Kier alpha value is -1.80. The molecule has 0 saturated carbocycles. The van der Waals surface area contributed by atoms with Crippen LogP contribution in [0.15, 0.2) is 29.2 Å². The smallest absolute Gasteiger partial charge is 0.407 e. The van der Waals surface area contributed by atoms with E-state index in [1.807, 2.05) is 39.8 Å². The first-order valence-corrected chi connectivity index (χ1v) is 10.2. The highest BCUT2D eigenvalue weighted by Crippen LogP contribution is 2.23. The summed E-state index contributed by atoms with van der Waals surface area (Å²) in [4.78, 5) is 14.1. The average molecular weight is 384 g/mol. The SMILES string of the molecule is CN(C)c1ccc(S(=O)(=O)N2CCC(NC(=O)OC(C)(C)C)CC2)cc1. The first kappa shape index (κ1) is 20.5. The summed E-state index contributed by atoms with van der Waals surface area (Å²) < 4.78 is 32.3. The molecule has 146 valence electrons. The van der Waals surface area contributed by atoms with Crippen molar-refractivity contribution in [3.05, 3.63) is 24.3 Å². The van der Waals surface area contributed by atoms with E-state index in [1.165, 1.54) is 4.31 Å². The maximum absolute atomic E-state index is 12.8. The van der Waals surface area contributed by atoms with Gasteiger partial charge < -0.3 is 15.0 Å². The quantitative estimate of drug-likeness (QED) is 0.864. The van der Waals surface area contributed by atoms with Crippen molar-refractivity contribution in [1.29, 1.82) is 0 Å². The van der Waals surface area contributed by atoms with Crippen LogP contribution in [0.4, 0.5) is 10.5 Å². The fourth-order valence-corrected chi connectivity index (χ4v) is 4.25. The lowest BCUT2D eigenvalue weighted by Gasteiger charge is -2.32. The van der Waals surface area contributed by atoms with E-state index in [9.17, 15) is 13.2 Å². The molecule has 0 radical (unpaired) electrons. The molecule has 0 aromatic heterocycles. The molecule has 8 heteroatoms. The number of benzene rings is 1. The van der Waals surface area contributed by atoms with Crippen LogP contribution in [-0.4, -0.2) is 57.6 Å². The monoisotopic (exact) mass is 383 g/mol. The third kappa shape index (κ3) is 5.35. The standard InChI is InChI=1S/C18H29N3O4S/c1-18(2,3)25-17(22)19-14-10-12-21(13-11-14)26(23,24)16-8-6-15(7-9-16)20(4)5/h6-9,14H,10-13H2,1-5H3,(H,19,22). The Bertz CT molecular complexity index is 716. The average Bonchev–Trinajstić information content (AvgIpc) is 2.53. The van der Waals surface area contributed by atoms with Crippen molar-refractivity contribution in [3.63, 3.8) is 0 Å². The van der Waals surface area contributed by atoms with Gasteiger partial charge in [-0.3, -0.25) is 0 Å². The van der Waals surface area contributed by atoms with Crippen LogP contribution in [0.2, 0.25) is 0 Å². The van der Waals surface area contributed by atoms with Gasteiger partial charge in [0.25, 0.3) is 0 Å². The van der Waals surface area contributed by atoms with Gasteiger partial charge in [-0.25, -0.2) is 13.2 Å². The van der Waals surface area contributed by atoms with Gasteiger partial charge in [0.15, 0.2) is 0 Å². The van der Waals surface area contributed by atoms with Crippen LogP contribution in [-0.2, 0) is 14.8 Å². The molecule has 1 aliphatic rings. The summed E-state index contributed by atoms with van der Waals surface area (Å²) in [6.07, 6.45) is 0.667. The van der Waals surface area contributed by atoms with Crippen molar-refractivity contribution in [2.45, 2.75) is 50.2 Å². The summed E-state index contributed by atoms with van der Waals surface area (Å²) in [7, 11) is 0.303. The number of carbonyl (C=O) groups excluding carboxylic acids is 1. The fourth-order valence-electron chi connectivity index (χ4n) is 2.78. The second-order valence-corrected chi connectivity index (χ2v) is 9.65. The molecule has 1 saturated heterocycles. The molecular formula is C18H29N3O4S. The molecule has 7 nitrogen and oxygen atoms in total. The van der Waals surface area contributed by atoms with Crippen LogP contribution >= 0.6 is 0 Å². The van der Waals surface area contributed by atoms with E-state index >= 15 is 0 Å². The van der Waals surface area contributed by atoms with Crippen molar-refractivity contribution in [1.82, 2.24) is 9.62 Å². The van der Waals surface area contributed by atoms with Crippen LogP contribution in [0.5, 0.6) is 0 Å². The Morgan fingerprint density at radius 1 is 1.15 bits per heavy atom. The molecular weight excluding hydrogens is 354 g/mol. The number of anilines is 1. The van der Waals surface area contributed by atoms with Crippen molar-refractivity contribution in [3.8, 4) is 0 Å². The zero-order chi connectivity index (χ0) is 19.5. The number of amides is 1. The molecule has 1 aromatic rings. The number of nitrogens with one attached hydrogen (secondary N) is 1. The lowest BCUT2D eigenvalue weighted by atomic mass is 10.1.